The molecular weight excluding hydrogens is 211 g/mol. The first kappa shape index (κ1) is 10.3. The first-order chi connectivity index (χ1) is 5.83. The third-order valence-electron chi connectivity index (χ3n) is 1.32. The van der Waals surface area contributed by atoms with Gasteiger partial charge in [0, 0.05) is 6.42 Å². The second kappa shape index (κ2) is 3.17. The fraction of sp³-hybridized carbons (Fsp3) is 0.800. The predicted molar refractivity (Wildman–Crippen MR) is 37.6 cm³/mol. The second-order valence-corrected chi connectivity index (χ2v) is 3.95. The van der Waals surface area contributed by atoms with Gasteiger partial charge in [0.15, 0.2) is 5.90 Å². The van der Waals surface area contributed by atoms with E-state index in [1.165, 1.54) is 0 Å². The lowest BCUT2D eigenvalue weighted by Crippen LogP contribution is -2.22. The SMILES string of the molecule is O=S(=O)(/N=C1/CCCO1)C(F)(F)F. The van der Waals surface area contributed by atoms with Crippen LogP contribution in [0.15, 0.2) is 4.40 Å². The van der Waals surface area contributed by atoms with Gasteiger partial charge in [-0.2, -0.15) is 21.6 Å². The van der Waals surface area contributed by atoms with Gasteiger partial charge in [-0.05, 0) is 6.42 Å². The molecule has 0 aromatic heterocycles. The minimum Gasteiger partial charge on any atom is -0.480 e. The summed E-state index contributed by atoms with van der Waals surface area (Å²) in [5.41, 5.74) is -5.34. The topological polar surface area (TPSA) is 55.7 Å². The van der Waals surface area contributed by atoms with Crippen LogP contribution in [-0.4, -0.2) is 26.4 Å². The number of hydrogen-bond acceptors (Lipinski definition) is 3. The van der Waals surface area contributed by atoms with E-state index in [0.717, 1.165) is 0 Å². The first-order valence-corrected chi connectivity index (χ1v) is 4.80. The highest BCUT2D eigenvalue weighted by atomic mass is 32.2. The van der Waals surface area contributed by atoms with Crippen LogP contribution in [-0.2, 0) is 14.8 Å². The van der Waals surface area contributed by atoms with Crippen LogP contribution in [0.1, 0.15) is 12.8 Å². The number of sulfonamides is 1. The summed E-state index contributed by atoms with van der Waals surface area (Å²) in [5.74, 6) is -0.364. The van der Waals surface area contributed by atoms with Crippen molar-refractivity contribution in [1.29, 1.82) is 0 Å². The van der Waals surface area contributed by atoms with Crippen LogP contribution in [0, 0.1) is 0 Å². The molecule has 8 heteroatoms. The summed E-state index contributed by atoms with van der Waals surface area (Å²) in [6.45, 7) is 0.214. The zero-order valence-corrected chi connectivity index (χ0v) is 7.15. The van der Waals surface area contributed by atoms with E-state index in [9.17, 15) is 21.6 Å². The van der Waals surface area contributed by atoms with Gasteiger partial charge in [-0.3, -0.25) is 0 Å². The summed E-state index contributed by atoms with van der Waals surface area (Å²) in [7, 11) is -5.42. The smallest absolute Gasteiger partial charge is 0.480 e. The first-order valence-electron chi connectivity index (χ1n) is 3.36. The third-order valence-corrected chi connectivity index (χ3v) is 2.35. The van der Waals surface area contributed by atoms with Crippen molar-refractivity contribution in [1.82, 2.24) is 0 Å². The Kier molecular flexibility index (Phi) is 2.51. The quantitative estimate of drug-likeness (QED) is 0.659. The predicted octanol–water partition coefficient (Wildman–Crippen LogP) is 1.04. The Labute approximate surface area is 72.5 Å². The van der Waals surface area contributed by atoms with Gasteiger partial charge in [0.25, 0.3) is 0 Å². The molecule has 13 heavy (non-hydrogen) atoms. The molecule has 1 aliphatic rings. The Morgan fingerprint density at radius 1 is 1.38 bits per heavy atom. The van der Waals surface area contributed by atoms with Gasteiger partial charge in [0.1, 0.15) is 0 Å². The fourth-order valence-corrected chi connectivity index (χ4v) is 1.26. The molecular formula is C5H6F3NO3S. The highest BCUT2D eigenvalue weighted by molar-refractivity contribution is 7.91. The lowest BCUT2D eigenvalue weighted by molar-refractivity contribution is -0.0435. The van der Waals surface area contributed by atoms with E-state index in [1.807, 2.05) is 0 Å². The Hall–Kier alpha value is -0.790. The van der Waals surface area contributed by atoms with E-state index in [-0.39, 0.29) is 18.9 Å². The van der Waals surface area contributed by atoms with Crippen molar-refractivity contribution in [3.8, 4) is 0 Å². The summed E-state index contributed by atoms with van der Waals surface area (Å²) in [6.07, 6.45) is 0.627. The van der Waals surface area contributed by atoms with Crippen molar-refractivity contribution < 1.29 is 26.3 Å². The maximum Gasteiger partial charge on any atom is 0.518 e. The number of ether oxygens (including phenoxy) is 1. The van der Waals surface area contributed by atoms with Crippen LogP contribution in [0.5, 0.6) is 0 Å². The molecule has 0 amide bonds. The Morgan fingerprint density at radius 3 is 2.38 bits per heavy atom. The zero-order chi connectivity index (χ0) is 10.1. The van der Waals surface area contributed by atoms with Gasteiger partial charge in [0.05, 0.1) is 6.61 Å². The lowest BCUT2D eigenvalue weighted by atomic mass is 10.4. The van der Waals surface area contributed by atoms with Crippen LogP contribution in [0.25, 0.3) is 0 Å². The molecule has 0 radical (unpaired) electrons. The largest absolute Gasteiger partial charge is 0.518 e. The van der Waals surface area contributed by atoms with Crippen molar-refractivity contribution in [2.75, 3.05) is 6.61 Å². The summed E-state index contributed by atoms with van der Waals surface area (Å²) >= 11 is 0. The average Bonchev–Trinajstić information content (AvgIpc) is 2.35. The van der Waals surface area contributed by atoms with Gasteiger partial charge in [0.2, 0.25) is 0 Å². The normalized spacial score (nSPS) is 21.9. The van der Waals surface area contributed by atoms with Crippen LogP contribution in [0.3, 0.4) is 0 Å². The van der Waals surface area contributed by atoms with Crippen LogP contribution >= 0.6 is 0 Å². The van der Waals surface area contributed by atoms with Gasteiger partial charge >= 0.3 is 15.5 Å². The molecule has 0 spiro atoms. The van der Waals surface area contributed by atoms with Crippen molar-refractivity contribution in [2.24, 2.45) is 4.40 Å². The molecule has 0 aromatic carbocycles. The van der Waals surface area contributed by atoms with Crippen molar-refractivity contribution in [3.05, 3.63) is 0 Å². The minimum atomic E-state index is -5.42. The number of rotatable bonds is 1. The maximum atomic E-state index is 11.7. The Balaban J connectivity index is 2.89. The molecule has 0 aromatic rings. The standard InChI is InChI=1S/C5H6F3NO3S/c6-5(7,8)13(10,11)9-4-2-1-3-12-4/h1-3H2/b9-4-. The molecule has 0 atom stereocenters. The van der Waals surface area contributed by atoms with E-state index in [0.29, 0.717) is 6.42 Å². The number of nitrogens with zero attached hydrogens (tertiary/aromatic N) is 1. The third kappa shape index (κ3) is 2.33. The van der Waals surface area contributed by atoms with E-state index < -0.39 is 15.5 Å². The molecule has 76 valence electrons. The zero-order valence-electron chi connectivity index (χ0n) is 6.34. The number of alkyl halides is 3. The Bertz CT molecular complexity index is 310. The van der Waals surface area contributed by atoms with Gasteiger partial charge in [-0.1, -0.05) is 0 Å². The lowest BCUT2D eigenvalue weighted by Gasteiger charge is -2.03. The average molecular weight is 217 g/mol. The van der Waals surface area contributed by atoms with Gasteiger partial charge in [-0.25, -0.2) is 0 Å². The maximum absolute atomic E-state index is 11.7. The van der Waals surface area contributed by atoms with Crippen molar-refractivity contribution in [2.45, 2.75) is 18.3 Å². The fourth-order valence-electron chi connectivity index (χ4n) is 0.743. The molecule has 1 rings (SSSR count). The molecule has 4 nitrogen and oxygen atoms in total. The van der Waals surface area contributed by atoms with Crippen LogP contribution < -0.4 is 0 Å². The molecule has 0 aliphatic carbocycles. The summed E-state index contributed by atoms with van der Waals surface area (Å²) in [4.78, 5) is 0. The number of halogens is 3. The van der Waals surface area contributed by atoms with E-state index in [1.54, 1.807) is 0 Å². The second-order valence-electron chi connectivity index (χ2n) is 2.36. The summed E-state index contributed by atoms with van der Waals surface area (Å²) in [6, 6.07) is 0. The summed E-state index contributed by atoms with van der Waals surface area (Å²) < 4.78 is 63.1. The van der Waals surface area contributed by atoms with Gasteiger partial charge < -0.3 is 4.74 Å². The van der Waals surface area contributed by atoms with Crippen LogP contribution in [0.4, 0.5) is 13.2 Å². The van der Waals surface area contributed by atoms with E-state index in [2.05, 4.69) is 9.13 Å². The van der Waals surface area contributed by atoms with Gasteiger partial charge in [-0.15, -0.1) is 4.40 Å². The highest BCUT2D eigenvalue weighted by Crippen LogP contribution is 2.25. The molecule has 1 saturated heterocycles. The number of hydrogen-bond donors (Lipinski definition) is 0. The van der Waals surface area contributed by atoms with Crippen LogP contribution in [0.2, 0.25) is 0 Å². The molecule has 0 bridgehead atoms. The molecule has 0 unspecified atom stereocenters. The molecule has 1 aliphatic heterocycles. The highest BCUT2D eigenvalue weighted by Gasteiger charge is 2.46. The van der Waals surface area contributed by atoms with Crippen molar-refractivity contribution >= 4 is 15.9 Å². The van der Waals surface area contributed by atoms with E-state index >= 15 is 0 Å². The molecule has 1 heterocycles. The summed E-state index contributed by atoms with van der Waals surface area (Å²) in [5, 5.41) is 0. The Morgan fingerprint density at radius 2 is 2.00 bits per heavy atom. The minimum absolute atomic E-state index is 0.134. The molecule has 0 saturated carbocycles. The van der Waals surface area contributed by atoms with Crippen molar-refractivity contribution in [3.63, 3.8) is 0 Å². The van der Waals surface area contributed by atoms with E-state index in [4.69, 9.17) is 0 Å². The molecule has 1 fully saturated rings. The molecule has 0 N–H and O–H groups in total. The monoisotopic (exact) mass is 217 g/mol.